The third kappa shape index (κ3) is 3.18. The minimum atomic E-state index is -0.206. The minimum absolute atomic E-state index is 0.0592. The Morgan fingerprint density at radius 3 is 2.80 bits per heavy atom. The molecule has 4 heteroatoms. The van der Waals surface area contributed by atoms with Crippen molar-refractivity contribution in [2.75, 3.05) is 19.7 Å². The molecule has 4 nitrogen and oxygen atoms in total. The summed E-state index contributed by atoms with van der Waals surface area (Å²) in [7, 11) is 0. The summed E-state index contributed by atoms with van der Waals surface area (Å²) in [5.41, 5.74) is 0. The maximum atomic E-state index is 12.1. The number of nitrogens with one attached hydrogen (secondary N) is 1. The average molecular weight is 214 g/mol. The molecule has 1 saturated heterocycles. The fraction of sp³-hybridized carbons (Fsp3) is 0.909. The zero-order valence-electron chi connectivity index (χ0n) is 9.86. The molecule has 0 aromatic heterocycles. The second kappa shape index (κ2) is 5.47. The summed E-state index contributed by atoms with van der Waals surface area (Å²) in [6.07, 6.45) is 0.509. The van der Waals surface area contributed by atoms with Gasteiger partial charge in [-0.1, -0.05) is 6.92 Å². The Morgan fingerprint density at radius 2 is 2.27 bits per heavy atom. The molecule has 0 radical (unpaired) electrons. The van der Waals surface area contributed by atoms with Gasteiger partial charge in [0.2, 0.25) is 5.91 Å². The van der Waals surface area contributed by atoms with Crippen molar-refractivity contribution in [2.24, 2.45) is 5.92 Å². The number of nitrogens with zero attached hydrogens (tertiary/aromatic N) is 1. The van der Waals surface area contributed by atoms with Crippen LogP contribution in [0.5, 0.6) is 0 Å². The molecule has 0 spiro atoms. The Hall–Kier alpha value is -0.610. The van der Waals surface area contributed by atoms with Gasteiger partial charge in [-0.25, -0.2) is 0 Å². The van der Waals surface area contributed by atoms with Gasteiger partial charge < -0.3 is 15.3 Å². The van der Waals surface area contributed by atoms with E-state index in [4.69, 9.17) is 5.11 Å². The number of carbonyl (C=O) groups excluding carboxylic acids is 1. The van der Waals surface area contributed by atoms with Crippen LogP contribution in [-0.2, 0) is 4.79 Å². The van der Waals surface area contributed by atoms with Gasteiger partial charge in [0.05, 0.1) is 6.04 Å². The molecule has 2 atom stereocenters. The lowest BCUT2D eigenvalue weighted by molar-refractivity contribution is -0.134. The molecular formula is C11H22N2O2. The van der Waals surface area contributed by atoms with Gasteiger partial charge in [-0.2, -0.15) is 0 Å². The van der Waals surface area contributed by atoms with E-state index < -0.39 is 0 Å². The summed E-state index contributed by atoms with van der Waals surface area (Å²) in [6, 6.07) is 0.0309. The van der Waals surface area contributed by atoms with Crippen molar-refractivity contribution in [3.8, 4) is 0 Å². The van der Waals surface area contributed by atoms with E-state index in [2.05, 4.69) is 12.2 Å². The van der Waals surface area contributed by atoms with Crippen LogP contribution in [0, 0.1) is 5.92 Å². The molecule has 1 aliphatic heterocycles. The number of amides is 1. The molecule has 0 bridgehead atoms. The molecule has 88 valence electrons. The summed E-state index contributed by atoms with van der Waals surface area (Å²) >= 11 is 0. The Kier molecular flexibility index (Phi) is 4.54. The number of hydrogen-bond donors (Lipinski definition) is 2. The van der Waals surface area contributed by atoms with Crippen LogP contribution >= 0.6 is 0 Å². The average Bonchev–Trinajstić information content (AvgIpc) is 2.31. The zero-order chi connectivity index (χ0) is 11.4. The summed E-state index contributed by atoms with van der Waals surface area (Å²) in [5.74, 6) is 0.600. The van der Waals surface area contributed by atoms with E-state index >= 15 is 0 Å². The first-order chi connectivity index (χ1) is 7.06. The highest BCUT2D eigenvalue weighted by atomic mass is 16.3. The van der Waals surface area contributed by atoms with Crippen molar-refractivity contribution in [2.45, 2.75) is 39.3 Å². The maximum Gasteiger partial charge on any atom is 0.240 e. The molecule has 2 unspecified atom stereocenters. The Bertz CT molecular complexity index is 219. The van der Waals surface area contributed by atoms with E-state index in [0.29, 0.717) is 12.3 Å². The van der Waals surface area contributed by atoms with Gasteiger partial charge >= 0.3 is 0 Å². The fourth-order valence-corrected chi connectivity index (χ4v) is 1.94. The van der Waals surface area contributed by atoms with E-state index in [-0.39, 0.29) is 24.6 Å². The standard InChI is InChI=1S/C11H22N2O2/c1-8(2)13-7-9(3)6-12-10(4-5-14)11(13)15/h8-10,12,14H,4-7H2,1-3H3. The monoisotopic (exact) mass is 214 g/mol. The van der Waals surface area contributed by atoms with Crippen LogP contribution < -0.4 is 5.32 Å². The normalized spacial score (nSPS) is 28.3. The largest absolute Gasteiger partial charge is 0.396 e. The Labute approximate surface area is 91.6 Å². The smallest absolute Gasteiger partial charge is 0.240 e. The van der Waals surface area contributed by atoms with Crippen molar-refractivity contribution < 1.29 is 9.90 Å². The Balaban J connectivity index is 2.73. The molecular weight excluding hydrogens is 192 g/mol. The molecule has 0 aromatic carbocycles. The number of carbonyl (C=O) groups is 1. The molecule has 0 aromatic rings. The first-order valence-corrected chi connectivity index (χ1v) is 5.71. The minimum Gasteiger partial charge on any atom is -0.396 e. The van der Waals surface area contributed by atoms with E-state index in [1.807, 2.05) is 18.7 Å². The van der Waals surface area contributed by atoms with Crippen molar-refractivity contribution in [1.29, 1.82) is 0 Å². The summed E-state index contributed by atoms with van der Waals surface area (Å²) in [5, 5.41) is 12.1. The van der Waals surface area contributed by atoms with Crippen LogP contribution in [0.4, 0.5) is 0 Å². The van der Waals surface area contributed by atoms with E-state index in [9.17, 15) is 4.79 Å². The van der Waals surface area contributed by atoms with Crippen LogP contribution in [-0.4, -0.2) is 47.7 Å². The summed E-state index contributed by atoms with van der Waals surface area (Å²) < 4.78 is 0. The molecule has 1 aliphatic rings. The van der Waals surface area contributed by atoms with Gasteiger partial charge in [0.25, 0.3) is 0 Å². The topological polar surface area (TPSA) is 52.6 Å². The lowest BCUT2D eigenvalue weighted by atomic mass is 10.1. The Morgan fingerprint density at radius 1 is 1.60 bits per heavy atom. The number of aliphatic hydroxyl groups excluding tert-OH is 1. The number of rotatable bonds is 3. The third-order valence-corrected chi connectivity index (χ3v) is 2.84. The molecule has 2 N–H and O–H groups in total. The maximum absolute atomic E-state index is 12.1. The summed E-state index contributed by atoms with van der Waals surface area (Å²) in [6.45, 7) is 7.92. The van der Waals surface area contributed by atoms with Gasteiger partial charge in [0, 0.05) is 25.7 Å². The molecule has 1 rings (SSSR count). The number of aliphatic hydroxyl groups is 1. The third-order valence-electron chi connectivity index (χ3n) is 2.84. The van der Waals surface area contributed by atoms with Crippen LogP contribution in [0.15, 0.2) is 0 Å². The van der Waals surface area contributed by atoms with Crippen LogP contribution in [0.25, 0.3) is 0 Å². The van der Waals surface area contributed by atoms with Gasteiger partial charge in [0.15, 0.2) is 0 Å². The highest BCUT2D eigenvalue weighted by Crippen LogP contribution is 2.12. The SMILES string of the molecule is CC1CNC(CCO)C(=O)N(C(C)C)C1. The van der Waals surface area contributed by atoms with Crippen LogP contribution in [0.3, 0.4) is 0 Å². The van der Waals surface area contributed by atoms with Gasteiger partial charge in [0.1, 0.15) is 0 Å². The van der Waals surface area contributed by atoms with Gasteiger partial charge in [-0.05, 0) is 26.2 Å². The predicted molar refractivity (Wildman–Crippen MR) is 59.5 cm³/mol. The van der Waals surface area contributed by atoms with Gasteiger partial charge in [-0.3, -0.25) is 4.79 Å². The van der Waals surface area contributed by atoms with E-state index in [0.717, 1.165) is 13.1 Å². The number of hydrogen-bond acceptors (Lipinski definition) is 3. The molecule has 1 amide bonds. The predicted octanol–water partition coefficient (Wildman–Crippen LogP) is 0.214. The van der Waals surface area contributed by atoms with E-state index in [1.165, 1.54) is 0 Å². The molecule has 1 fully saturated rings. The van der Waals surface area contributed by atoms with Crippen molar-refractivity contribution in [3.05, 3.63) is 0 Å². The summed E-state index contributed by atoms with van der Waals surface area (Å²) in [4.78, 5) is 14.0. The van der Waals surface area contributed by atoms with Gasteiger partial charge in [-0.15, -0.1) is 0 Å². The quantitative estimate of drug-likeness (QED) is 0.706. The van der Waals surface area contributed by atoms with Crippen LogP contribution in [0.2, 0.25) is 0 Å². The highest BCUT2D eigenvalue weighted by molar-refractivity contribution is 5.82. The first-order valence-electron chi connectivity index (χ1n) is 5.71. The van der Waals surface area contributed by atoms with Crippen LogP contribution in [0.1, 0.15) is 27.2 Å². The molecule has 1 heterocycles. The first kappa shape index (κ1) is 12.5. The lowest BCUT2D eigenvalue weighted by Gasteiger charge is -2.28. The second-order valence-corrected chi connectivity index (χ2v) is 4.66. The molecule has 0 aliphatic carbocycles. The second-order valence-electron chi connectivity index (χ2n) is 4.66. The fourth-order valence-electron chi connectivity index (χ4n) is 1.94. The van der Waals surface area contributed by atoms with Crippen molar-refractivity contribution >= 4 is 5.91 Å². The molecule has 15 heavy (non-hydrogen) atoms. The zero-order valence-corrected chi connectivity index (χ0v) is 9.86. The highest BCUT2D eigenvalue weighted by Gasteiger charge is 2.29. The molecule has 0 saturated carbocycles. The van der Waals surface area contributed by atoms with E-state index in [1.54, 1.807) is 0 Å². The van der Waals surface area contributed by atoms with Crippen molar-refractivity contribution in [3.63, 3.8) is 0 Å². The lowest BCUT2D eigenvalue weighted by Crippen LogP contribution is -2.46. The van der Waals surface area contributed by atoms with Crippen molar-refractivity contribution in [1.82, 2.24) is 10.2 Å².